The molecule has 2 saturated heterocycles. The van der Waals surface area contributed by atoms with Crippen LogP contribution in [-0.4, -0.2) is 76.3 Å². The largest absolute Gasteiger partial charge is 0.447 e. The number of amides is 2. The lowest BCUT2D eigenvalue weighted by atomic mass is 10.1. The summed E-state index contributed by atoms with van der Waals surface area (Å²) in [7, 11) is -3.55. The van der Waals surface area contributed by atoms with Crippen molar-refractivity contribution < 1.29 is 36.6 Å². The van der Waals surface area contributed by atoms with Gasteiger partial charge < -0.3 is 19.1 Å². The van der Waals surface area contributed by atoms with E-state index in [2.05, 4.69) is 0 Å². The number of nitrogens with zero attached hydrogens (tertiary/aromatic N) is 2. The number of halogens is 1. The van der Waals surface area contributed by atoms with Crippen molar-refractivity contribution in [2.75, 3.05) is 37.4 Å². The molecule has 0 radical (unpaired) electrons. The van der Waals surface area contributed by atoms with Crippen LogP contribution in [0.2, 0.25) is 0 Å². The summed E-state index contributed by atoms with van der Waals surface area (Å²) in [5.74, 6) is -0.818. The van der Waals surface area contributed by atoms with Crippen LogP contribution in [0.4, 0.5) is 19.7 Å². The van der Waals surface area contributed by atoms with E-state index < -0.39 is 27.9 Å². The van der Waals surface area contributed by atoms with Gasteiger partial charge in [0.05, 0.1) is 35.9 Å². The Hall–Kier alpha value is -2.40. The van der Waals surface area contributed by atoms with E-state index in [-0.39, 0.29) is 42.0 Å². The number of carbonyl (C=O) groups excluding carboxylic acids is 2. The third-order valence-corrected chi connectivity index (χ3v) is 6.18. The van der Waals surface area contributed by atoms with Gasteiger partial charge in [-0.1, -0.05) is 0 Å². The molecular formula is C20H27FN2O7S. The SMILES string of the molecule is CC(C)OC(=O)N1CCC(OCC2CN(c3ccc(S(C)(=O)=O)cc3F)C(=O)O2)CC1. The molecule has 172 valence electrons. The molecule has 11 heteroatoms. The molecule has 31 heavy (non-hydrogen) atoms. The lowest BCUT2D eigenvalue weighted by Gasteiger charge is -2.32. The van der Waals surface area contributed by atoms with Gasteiger partial charge in [-0.15, -0.1) is 0 Å². The fourth-order valence-corrected chi connectivity index (χ4v) is 4.10. The highest BCUT2D eigenvalue weighted by Crippen LogP contribution is 2.27. The zero-order chi connectivity index (χ0) is 22.8. The zero-order valence-corrected chi connectivity index (χ0v) is 18.6. The van der Waals surface area contributed by atoms with E-state index in [4.69, 9.17) is 14.2 Å². The number of likely N-dealkylation sites (tertiary alicyclic amines) is 1. The van der Waals surface area contributed by atoms with Crippen molar-refractivity contribution >= 4 is 27.7 Å². The van der Waals surface area contributed by atoms with Crippen LogP contribution in [-0.2, 0) is 24.0 Å². The van der Waals surface area contributed by atoms with Crippen LogP contribution in [0.1, 0.15) is 26.7 Å². The van der Waals surface area contributed by atoms with Crippen LogP contribution in [0.5, 0.6) is 0 Å². The Morgan fingerprint density at radius 3 is 2.55 bits per heavy atom. The summed E-state index contributed by atoms with van der Waals surface area (Å²) in [4.78, 5) is 26.7. The quantitative estimate of drug-likeness (QED) is 0.646. The van der Waals surface area contributed by atoms with E-state index in [0.29, 0.717) is 25.9 Å². The van der Waals surface area contributed by atoms with Crippen molar-refractivity contribution in [2.24, 2.45) is 0 Å². The van der Waals surface area contributed by atoms with Crippen LogP contribution in [0.25, 0.3) is 0 Å². The molecule has 0 N–H and O–H groups in total. The third-order valence-electron chi connectivity index (χ3n) is 5.07. The highest BCUT2D eigenvalue weighted by Gasteiger charge is 2.35. The minimum Gasteiger partial charge on any atom is -0.447 e. The fourth-order valence-electron chi connectivity index (χ4n) is 3.47. The summed E-state index contributed by atoms with van der Waals surface area (Å²) in [6, 6.07) is 3.39. The topological polar surface area (TPSA) is 102 Å². The molecule has 0 saturated carbocycles. The summed E-state index contributed by atoms with van der Waals surface area (Å²) >= 11 is 0. The van der Waals surface area contributed by atoms with Gasteiger partial charge in [-0.3, -0.25) is 4.90 Å². The average molecular weight is 459 g/mol. The number of carbonyl (C=O) groups is 2. The van der Waals surface area contributed by atoms with E-state index in [1.54, 1.807) is 18.7 Å². The van der Waals surface area contributed by atoms with E-state index in [1.165, 1.54) is 12.1 Å². The first-order valence-electron chi connectivity index (χ1n) is 10.1. The van der Waals surface area contributed by atoms with Gasteiger partial charge in [0.25, 0.3) is 0 Å². The maximum Gasteiger partial charge on any atom is 0.414 e. The Morgan fingerprint density at radius 1 is 1.29 bits per heavy atom. The number of benzene rings is 1. The van der Waals surface area contributed by atoms with E-state index in [9.17, 15) is 22.4 Å². The van der Waals surface area contributed by atoms with Crippen LogP contribution in [0.3, 0.4) is 0 Å². The average Bonchev–Trinajstić information content (AvgIpc) is 3.06. The minimum atomic E-state index is -3.55. The Morgan fingerprint density at radius 2 is 1.97 bits per heavy atom. The summed E-state index contributed by atoms with van der Waals surface area (Å²) in [6.45, 7) is 4.87. The molecule has 9 nitrogen and oxygen atoms in total. The van der Waals surface area contributed by atoms with Gasteiger partial charge in [-0.2, -0.15) is 0 Å². The number of sulfone groups is 1. The molecule has 2 heterocycles. The lowest BCUT2D eigenvalue weighted by Crippen LogP contribution is -2.42. The molecule has 2 aliphatic rings. The fraction of sp³-hybridized carbons (Fsp3) is 0.600. The molecular weight excluding hydrogens is 431 g/mol. The van der Waals surface area contributed by atoms with Crippen LogP contribution >= 0.6 is 0 Å². The standard InChI is InChI=1S/C20H27FN2O7S/c1-13(2)29-19(24)22-8-6-14(7-9-22)28-12-15-11-23(20(25)30-15)18-5-4-16(10-17(18)21)31(3,26)27/h4-5,10,13-15H,6-9,11-12H2,1-3H3. The monoisotopic (exact) mass is 458 g/mol. The van der Waals surface area contributed by atoms with Gasteiger partial charge in [0.15, 0.2) is 9.84 Å². The first kappa shape index (κ1) is 23.3. The maximum atomic E-state index is 14.4. The number of hydrogen-bond acceptors (Lipinski definition) is 7. The van der Waals surface area contributed by atoms with Gasteiger partial charge in [0.2, 0.25) is 0 Å². The van der Waals surface area contributed by atoms with E-state index in [0.717, 1.165) is 17.2 Å². The molecule has 1 atom stereocenters. The van der Waals surface area contributed by atoms with E-state index >= 15 is 0 Å². The Labute approximate surface area is 181 Å². The van der Waals surface area contributed by atoms with Crippen LogP contribution in [0, 0.1) is 5.82 Å². The van der Waals surface area contributed by atoms with Crippen LogP contribution in [0.15, 0.2) is 23.1 Å². The van der Waals surface area contributed by atoms with Crippen molar-refractivity contribution in [3.8, 4) is 0 Å². The van der Waals surface area contributed by atoms with Gasteiger partial charge in [0.1, 0.15) is 11.9 Å². The molecule has 1 unspecified atom stereocenters. The minimum absolute atomic E-state index is 0.0446. The summed E-state index contributed by atoms with van der Waals surface area (Å²) in [6.07, 6.45) is 0.374. The second-order valence-corrected chi connectivity index (χ2v) is 9.97. The molecule has 2 aliphatic heterocycles. The highest BCUT2D eigenvalue weighted by atomic mass is 32.2. The maximum absolute atomic E-state index is 14.4. The molecule has 2 fully saturated rings. The number of anilines is 1. The number of rotatable bonds is 6. The molecule has 1 aromatic carbocycles. The van der Waals surface area contributed by atoms with Crippen molar-refractivity contribution in [1.29, 1.82) is 0 Å². The Bertz CT molecular complexity index is 929. The summed E-state index contributed by atoms with van der Waals surface area (Å²) in [5, 5.41) is 0. The molecule has 0 spiro atoms. The molecule has 0 aliphatic carbocycles. The Kier molecular flexibility index (Phi) is 7.05. The summed E-state index contributed by atoms with van der Waals surface area (Å²) < 4.78 is 53.8. The zero-order valence-electron chi connectivity index (χ0n) is 17.7. The molecule has 0 aromatic heterocycles. The molecule has 0 bridgehead atoms. The first-order valence-corrected chi connectivity index (χ1v) is 12.0. The number of piperidine rings is 1. The third kappa shape index (κ3) is 5.85. The van der Waals surface area contributed by atoms with Crippen molar-refractivity contribution in [2.45, 2.75) is 49.9 Å². The summed E-state index contributed by atoms with van der Waals surface area (Å²) in [5.41, 5.74) is -0.0446. The number of ether oxygens (including phenoxy) is 3. The van der Waals surface area contributed by atoms with Crippen molar-refractivity contribution in [3.63, 3.8) is 0 Å². The van der Waals surface area contributed by atoms with Crippen molar-refractivity contribution in [1.82, 2.24) is 4.90 Å². The number of cyclic esters (lactones) is 1. The predicted molar refractivity (Wildman–Crippen MR) is 109 cm³/mol. The second kappa shape index (κ2) is 9.39. The smallest absolute Gasteiger partial charge is 0.414 e. The Balaban J connectivity index is 1.50. The first-order chi connectivity index (χ1) is 14.5. The normalized spacial score (nSPS) is 20.3. The predicted octanol–water partition coefficient (Wildman–Crippen LogP) is 2.58. The van der Waals surface area contributed by atoms with Gasteiger partial charge in [0, 0.05) is 19.3 Å². The van der Waals surface area contributed by atoms with Gasteiger partial charge in [-0.05, 0) is 44.9 Å². The van der Waals surface area contributed by atoms with Crippen molar-refractivity contribution in [3.05, 3.63) is 24.0 Å². The molecule has 2 amide bonds. The van der Waals surface area contributed by atoms with Gasteiger partial charge in [-0.25, -0.2) is 22.4 Å². The van der Waals surface area contributed by atoms with Crippen LogP contribution < -0.4 is 4.90 Å². The molecule has 1 aromatic rings. The van der Waals surface area contributed by atoms with E-state index in [1.807, 2.05) is 0 Å². The highest BCUT2D eigenvalue weighted by molar-refractivity contribution is 7.90. The molecule has 3 rings (SSSR count). The number of hydrogen-bond donors (Lipinski definition) is 0. The second-order valence-electron chi connectivity index (χ2n) is 7.95. The van der Waals surface area contributed by atoms with Gasteiger partial charge >= 0.3 is 12.2 Å². The lowest BCUT2D eigenvalue weighted by molar-refractivity contribution is -0.0284.